The Morgan fingerprint density at radius 2 is 2.00 bits per heavy atom. The maximum atomic E-state index is 12.2. The molecule has 0 amide bonds. The molecule has 0 aromatic heterocycles. The third-order valence-corrected chi connectivity index (χ3v) is 1.92. The van der Waals surface area contributed by atoms with Crippen molar-refractivity contribution in [3.63, 3.8) is 0 Å². The van der Waals surface area contributed by atoms with Gasteiger partial charge in [-0.1, -0.05) is 12.1 Å². The van der Waals surface area contributed by atoms with Crippen LogP contribution in [0.2, 0.25) is 0 Å². The van der Waals surface area contributed by atoms with Gasteiger partial charge in [-0.2, -0.15) is 13.2 Å². The van der Waals surface area contributed by atoms with E-state index in [0.717, 1.165) is 12.1 Å². The van der Waals surface area contributed by atoms with Gasteiger partial charge >= 0.3 is 6.18 Å². The van der Waals surface area contributed by atoms with Crippen molar-refractivity contribution >= 4 is 0 Å². The Hall–Kier alpha value is -1.03. The Balaban J connectivity index is 2.32. The molecule has 1 nitrogen and oxygen atoms in total. The van der Waals surface area contributed by atoms with Gasteiger partial charge in [0.1, 0.15) is 6.10 Å². The third kappa shape index (κ3) is 1.83. The van der Waals surface area contributed by atoms with Gasteiger partial charge in [0.05, 0.1) is 12.2 Å². The second-order valence-electron chi connectivity index (χ2n) is 2.95. The van der Waals surface area contributed by atoms with E-state index < -0.39 is 11.7 Å². The van der Waals surface area contributed by atoms with Crippen LogP contribution in [-0.2, 0) is 10.9 Å². The lowest BCUT2D eigenvalue weighted by molar-refractivity contribution is -0.137. The SMILES string of the molecule is FC(F)(F)c1cccc(C2CO2)c1. The lowest BCUT2D eigenvalue weighted by Crippen LogP contribution is -2.04. The lowest BCUT2D eigenvalue weighted by Gasteiger charge is -2.06. The molecule has 1 aromatic rings. The zero-order valence-corrected chi connectivity index (χ0v) is 6.64. The molecular weight excluding hydrogens is 181 g/mol. The first-order valence-electron chi connectivity index (χ1n) is 3.86. The average molecular weight is 188 g/mol. The van der Waals surface area contributed by atoms with Crippen molar-refractivity contribution in [2.75, 3.05) is 6.61 Å². The van der Waals surface area contributed by atoms with Crippen LogP contribution in [0.1, 0.15) is 17.2 Å². The highest BCUT2D eigenvalue weighted by molar-refractivity contribution is 5.28. The minimum absolute atomic E-state index is 0.123. The Labute approximate surface area is 73.1 Å². The topological polar surface area (TPSA) is 12.5 Å². The van der Waals surface area contributed by atoms with E-state index in [0.29, 0.717) is 12.2 Å². The molecule has 70 valence electrons. The molecule has 0 aliphatic carbocycles. The number of hydrogen-bond donors (Lipinski definition) is 0. The second-order valence-corrected chi connectivity index (χ2v) is 2.95. The first kappa shape index (κ1) is 8.56. The second kappa shape index (κ2) is 2.73. The van der Waals surface area contributed by atoms with Crippen LogP contribution in [0.4, 0.5) is 13.2 Å². The summed E-state index contributed by atoms with van der Waals surface area (Å²) in [5, 5.41) is 0. The smallest absolute Gasteiger partial charge is 0.368 e. The van der Waals surface area contributed by atoms with Crippen LogP contribution in [-0.4, -0.2) is 6.61 Å². The van der Waals surface area contributed by atoms with Gasteiger partial charge in [-0.25, -0.2) is 0 Å². The fourth-order valence-corrected chi connectivity index (χ4v) is 1.16. The summed E-state index contributed by atoms with van der Waals surface area (Å²) in [4.78, 5) is 0. The van der Waals surface area contributed by atoms with Crippen LogP contribution >= 0.6 is 0 Å². The average Bonchev–Trinajstić information content (AvgIpc) is 2.85. The molecule has 1 saturated heterocycles. The summed E-state index contributed by atoms with van der Waals surface area (Å²) in [7, 11) is 0. The molecule has 1 aromatic carbocycles. The summed E-state index contributed by atoms with van der Waals surface area (Å²) >= 11 is 0. The molecule has 1 aliphatic heterocycles. The summed E-state index contributed by atoms with van der Waals surface area (Å²) in [6, 6.07) is 5.25. The van der Waals surface area contributed by atoms with E-state index in [1.807, 2.05) is 0 Å². The van der Waals surface area contributed by atoms with E-state index in [1.54, 1.807) is 6.07 Å². The molecule has 0 N–H and O–H groups in total. The largest absolute Gasteiger partial charge is 0.416 e. The van der Waals surface area contributed by atoms with Crippen molar-refractivity contribution in [3.05, 3.63) is 35.4 Å². The van der Waals surface area contributed by atoms with E-state index in [1.165, 1.54) is 6.07 Å². The van der Waals surface area contributed by atoms with E-state index in [4.69, 9.17) is 4.74 Å². The first-order valence-corrected chi connectivity index (χ1v) is 3.86. The van der Waals surface area contributed by atoms with Crippen molar-refractivity contribution in [1.29, 1.82) is 0 Å². The molecule has 1 fully saturated rings. The number of benzene rings is 1. The zero-order chi connectivity index (χ0) is 9.47. The summed E-state index contributed by atoms with van der Waals surface area (Å²) in [6.07, 6.45) is -4.38. The highest BCUT2D eigenvalue weighted by atomic mass is 19.4. The van der Waals surface area contributed by atoms with Crippen LogP contribution in [0.25, 0.3) is 0 Å². The summed E-state index contributed by atoms with van der Waals surface area (Å²) < 4.78 is 41.5. The zero-order valence-electron chi connectivity index (χ0n) is 6.64. The highest BCUT2D eigenvalue weighted by Gasteiger charge is 2.32. The van der Waals surface area contributed by atoms with Crippen molar-refractivity contribution in [2.45, 2.75) is 12.3 Å². The van der Waals surface area contributed by atoms with Gasteiger partial charge < -0.3 is 4.74 Å². The summed E-state index contributed by atoms with van der Waals surface area (Å²) in [6.45, 7) is 0.529. The van der Waals surface area contributed by atoms with Crippen molar-refractivity contribution in [1.82, 2.24) is 0 Å². The molecule has 1 aliphatic rings. The van der Waals surface area contributed by atoms with Crippen molar-refractivity contribution in [2.24, 2.45) is 0 Å². The number of ether oxygens (including phenoxy) is 1. The summed E-state index contributed by atoms with van der Waals surface area (Å²) in [5.74, 6) is 0. The minimum Gasteiger partial charge on any atom is -0.368 e. The molecule has 1 unspecified atom stereocenters. The van der Waals surface area contributed by atoms with E-state index in [9.17, 15) is 13.2 Å². The van der Waals surface area contributed by atoms with Crippen LogP contribution in [0.3, 0.4) is 0 Å². The molecule has 4 heteroatoms. The Bertz CT molecular complexity index is 315. The van der Waals surface area contributed by atoms with Crippen LogP contribution < -0.4 is 0 Å². The quantitative estimate of drug-likeness (QED) is 0.617. The van der Waals surface area contributed by atoms with Gasteiger partial charge in [0, 0.05) is 0 Å². The van der Waals surface area contributed by atoms with Crippen LogP contribution in [0.15, 0.2) is 24.3 Å². The fraction of sp³-hybridized carbons (Fsp3) is 0.333. The van der Waals surface area contributed by atoms with Crippen molar-refractivity contribution in [3.8, 4) is 0 Å². The monoisotopic (exact) mass is 188 g/mol. The molecule has 1 heterocycles. The van der Waals surface area contributed by atoms with Gasteiger partial charge in [-0.15, -0.1) is 0 Å². The minimum atomic E-state index is -4.26. The van der Waals surface area contributed by atoms with Gasteiger partial charge in [0.2, 0.25) is 0 Å². The van der Waals surface area contributed by atoms with E-state index >= 15 is 0 Å². The van der Waals surface area contributed by atoms with Crippen LogP contribution in [0, 0.1) is 0 Å². The molecule has 2 rings (SSSR count). The van der Waals surface area contributed by atoms with E-state index in [-0.39, 0.29) is 6.10 Å². The normalized spacial score (nSPS) is 21.6. The highest BCUT2D eigenvalue weighted by Crippen LogP contribution is 2.34. The molecule has 0 spiro atoms. The molecule has 0 saturated carbocycles. The van der Waals surface area contributed by atoms with Gasteiger partial charge in [0.25, 0.3) is 0 Å². The molecule has 0 bridgehead atoms. The number of epoxide rings is 1. The number of rotatable bonds is 1. The predicted molar refractivity (Wildman–Crippen MR) is 40.1 cm³/mol. The number of halogens is 3. The molecule has 13 heavy (non-hydrogen) atoms. The van der Waals surface area contributed by atoms with Crippen molar-refractivity contribution < 1.29 is 17.9 Å². The summed E-state index contributed by atoms with van der Waals surface area (Å²) in [5.41, 5.74) is -0.00433. The first-order chi connectivity index (χ1) is 6.07. The number of alkyl halides is 3. The number of hydrogen-bond acceptors (Lipinski definition) is 1. The predicted octanol–water partition coefficient (Wildman–Crippen LogP) is 2.78. The van der Waals surface area contributed by atoms with Gasteiger partial charge in [0.15, 0.2) is 0 Å². The molecule has 0 radical (unpaired) electrons. The third-order valence-electron chi connectivity index (χ3n) is 1.92. The molecular formula is C9H7F3O. The Kier molecular flexibility index (Phi) is 1.80. The van der Waals surface area contributed by atoms with Gasteiger partial charge in [-0.05, 0) is 17.7 Å². The Morgan fingerprint density at radius 1 is 1.31 bits per heavy atom. The van der Waals surface area contributed by atoms with Gasteiger partial charge in [-0.3, -0.25) is 0 Å². The lowest BCUT2D eigenvalue weighted by atomic mass is 10.1. The maximum absolute atomic E-state index is 12.2. The van der Waals surface area contributed by atoms with Crippen LogP contribution in [0.5, 0.6) is 0 Å². The molecule has 1 atom stereocenters. The Morgan fingerprint density at radius 3 is 2.54 bits per heavy atom. The fourth-order valence-electron chi connectivity index (χ4n) is 1.16. The maximum Gasteiger partial charge on any atom is 0.416 e. The van der Waals surface area contributed by atoms with E-state index in [2.05, 4.69) is 0 Å². The standard InChI is InChI=1S/C9H7F3O/c10-9(11,12)7-3-1-2-6(4-7)8-5-13-8/h1-4,8H,5H2.